The van der Waals surface area contributed by atoms with E-state index in [0.717, 1.165) is 18.4 Å². The standard InChI is InChI=1S/C29H56O5Si2/c1-16-31-25(30)21-22(2)17-18-24(33-35(12,13)26(3,4)5)29(11)20-19-23(32-29)28(9,10)34-36(14,15)27(6,7)8/h17-18,21,23-24H,16,19-20H2,1-15H3/b18-17+,22-21-/t23-,24?,29?/m1/s1. The molecule has 2 unspecified atom stereocenters. The number of hydrogen-bond acceptors (Lipinski definition) is 5. The van der Waals surface area contributed by atoms with Gasteiger partial charge in [-0.3, -0.25) is 0 Å². The van der Waals surface area contributed by atoms with Crippen molar-refractivity contribution in [3.63, 3.8) is 0 Å². The van der Waals surface area contributed by atoms with Crippen LogP contribution in [-0.2, 0) is 23.1 Å². The van der Waals surface area contributed by atoms with Crippen LogP contribution in [0.15, 0.2) is 23.8 Å². The zero-order valence-corrected chi connectivity index (χ0v) is 28.0. The average molecular weight is 541 g/mol. The second-order valence-corrected chi connectivity index (χ2v) is 23.7. The predicted octanol–water partition coefficient (Wildman–Crippen LogP) is 8.18. The van der Waals surface area contributed by atoms with Crippen molar-refractivity contribution < 1.29 is 23.1 Å². The Morgan fingerprint density at radius 3 is 2.03 bits per heavy atom. The molecule has 0 aromatic heterocycles. The predicted molar refractivity (Wildman–Crippen MR) is 156 cm³/mol. The van der Waals surface area contributed by atoms with Gasteiger partial charge in [-0.1, -0.05) is 53.7 Å². The van der Waals surface area contributed by atoms with E-state index in [1.165, 1.54) is 6.08 Å². The molecule has 1 rings (SSSR count). The summed E-state index contributed by atoms with van der Waals surface area (Å²) in [5, 5.41) is 0.194. The Morgan fingerprint density at radius 1 is 1.03 bits per heavy atom. The molecule has 210 valence electrons. The van der Waals surface area contributed by atoms with Gasteiger partial charge < -0.3 is 18.3 Å². The van der Waals surface area contributed by atoms with E-state index in [-0.39, 0.29) is 28.3 Å². The Labute approximate surface area is 224 Å². The highest BCUT2D eigenvalue weighted by Crippen LogP contribution is 2.46. The Bertz CT molecular complexity index is 815. The van der Waals surface area contributed by atoms with Crippen LogP contribution < -0.4 is 0 Å². The lowest BCUT2D eigenvalue weighted by Gasteiger charge is -2.46. The van der Waals surface area contributed by atoms with Crippen LogP contribution in [0.1, 0.15) is 89.0 Å². The summed E-state index contributed by atoms with van der Waals surface area (Å²) >= 11 is 0. The molecular formula is C29H56O5Si2. The van der Waals surface area contributed by atoms with E-state index in [4.69, 9.17) is 18.3 Å². The minimum Gasteiger partial charge on any atom is -0.463 e. The Balaban J connectivity index is 3.28. The summed E-state index contributed by atoms with van der Waals surface area (Å²) in [4.78, 5) is 11.9. The molecule has 3 atom stereocenters. The molecule has 1 aliphatic heterocycles. The van der Waals surface area contributed by atoms with E-state index in [1.54, 1.807) is 0 Å². The fraction of sp³-hybridized carbons (Fsp3) is 0.828. The molecule has 0 spiro atoms. The highest BCUT2D eigenvalue weighted by Gasteiger charge is 2.52. The lowest BCUT2D eigenvalue weighted by Crippen LogP contribution is -2.54. The summed E-state index contributed by atoms with van der Waals surface area (Å²) in [7, 11) is -4.06. The first-order chi connectivity index (χ1) is 16.0. The maximum absolute atomic E-state index is 11.9. The molecule has 1 aliphatic rings. The first kappa shape index (κ1) is 33.3. The molecule has 5 nitrogen and oxygen atoms in total. The van der Waals surface area contributed by atoms with Crippen molar-refractivity contribution >= 4 is 22.6 Å². The number of rotatable bonds is 10. The molecular weight excluding hydrogens is 484 g/mol. The second-order valence-electron chi connectivity index (χ2n) is 14.2. The molecule has 36 heavy (non-hydrogen) atoms. The van der Waals surface area contributed by atoms with Crippen molar-refractivity contribution in [1.82, 2.24) is 0 Å². The maximum atomic E-state index is 11.9. The van der Waals surface area contributed by atoms with Crippen molar-refractivity contribution in [2.45, 2.75) is 149 Å². The van der Waals surface area contributed by atoms with Gasteiger partial charge in [-0.2, -0.15) is 0 Å². The Morgan fingerprint density at radius 2 is 1.56 bits per heavy atom. The summed E-state index contributed by atoms with van der Waals surface area (Å²) in [6.07, 6.45) is 7.11. The van der Waals surface area contributed by atoms with E-state index in [2.05, 4.69) is 94.6 Å². The van der Waals surface area contributed by atoms with Gasteiger partial charge in [0.05, 0.1) is 30.0 Å². The number of carbonyl (C=O) groups excluding carboxylic acids is 1. The number of carbonyl (C=O) groups is 1. The Kier molecular flexibility index (Phi) is 10.7. The fourth-order valence-electron chi connectivity index (χ4n) is 3.95. The zero-order valence-electron chi connectivity index (χ0n) is 26.0. The summed E-state index contributed by atoms with van der Waals surface area (Å²) in [5.41, 5.74) is -0.0576. The van der Waals surface area contributed by atoms with Crippen LogP contribution in [0.5, 0.6) is 0 Å². The lowest BCUT2D eigenvalue weighted by atomic mass is 9.93. The van der Waals surface area contributed by atoms with E-state index < -0.39 is 27.8 Å². The van der Waals surface area contributed by atoms with Gasteiger partial charge >= 0.3 is 5.97 Å². The Hall–Kier alpha value is -0.736. The molecule has 0 aliphatic carbocycles. The van der Waals surface area contributed by atoms with Gasteiger partial charge in [-0.25, -0.2) is 4.79 Å². The fourth-order valence-corrected chi connectivity index (χ4v) is 7.02. The van der Waals surface area contributed by atoms with E-state index in [9.17, 15) is 4.79 Å². The SMILES string of the molecule is CCOC(=O)/C=C(C)\C=C\C(O[Si](C)(C)C(C)(C)C)C1(C)CC[C@H](C(C)(C)O[Si](C)(C)C(C)(C)C)O1. The first-order valence-electron chi connectivity index (χ1n) is 13.6. The van der Waals surface area contributed by atoms with Gasteiger partial charge in [0.1, 0.15) is 0 Å². The van der Waals surface area contributed by atoms with E-state index in [0.29, 0.717) is 6.61 Å². The minimum absolute atomic E-state index is 0.0216. The van der Waals surface area contributed by atoms with E-state index in [1.807, 2.05) is 19.9 Å². The number of allylic oxidation sites excluding steroid dienone is 2. The monoisotopic (exact) mass is 540 g/mol. The number of hydrogen-bond donors (Lipinski definition) is 0. The third-order valence-electron chi connectivity index (χ3n) is 8.41. The van der Waals surface area contributed by atoms with Crippen molar-refractivity contribution in [2.24, 2.45) is 0 Å². The van der Waals surface area contributed by atoms with Gasteiger partial charge in [0.15, 0.2) is 16.6 Å². The quantitative estimate of drug-likeness (QED) is 0.121. The molecule has 0 aromatic rings. The molecule has 0 aromatic carbocycles. The molecule has 0 N–H and O–H groups in total. The van der Waals surface area contributed by atoms with Crippen molar-refractivity contribution in [3.05, 3.63) is 23.8 Å². The van der Waals surface area contributed by atoms with Crippen LogP contribution in [0.4, 0.5) is 0 Å². The molecule has 1 saturated heterocycles. The van der Waals surface area contributed by atoms with E-state index >= 15 is 0 Å². The molecule has 0 bridgehead atoms. The third-order valence-corrected chi connectivity index (χ3v) is 17.5. The van der Waals surface area contributed by atoms with Crippen LogP contribution in [0.25, 0.3) is 0 Å². The lowest BCUT2D eigenvalue weighted by molar-refractivity contribution is -0.137. The molecule has 0 saturated carbocycles. The first-order valence-corrected chi connectivity index (χ1v) is 19.4. The second kappa shape index (κ2) is 11.6. The van der Waals surface area contributed by atoms with Crippen molar-refractivity contribution in [3.8, 4) is 0 Å². The topological polar surface area (TPSA) is 54.0 Å². The van der Waals surface area contributed by atoms with Gasteiger partial charge in [-0.15, -0.1) is 0 Å². The molecule has 0 radical (unpaired) electrons. The summed E-state index contributed by atoms with van der Waals surface area (Å²) in [6, 6.07) is 0. The van der Waals surface area contributed by atoms with Gasteiger partial charge in [0.25, 0.3) is 0 Å². The van der Waals surface area contributed by atoms with Crippen LogP contribution in [-0.4, -0.2) is 52.6 Å². The van der Waals surface area contributed by atoms with Gasteiger partial charge in [-0.05, 0) is 89.3 Å². The summed E-state index contributed by atoms with van der Waals surface area (Å²) in [6.45, 7) is 33.3. The largest absolute Gasteiger partial charge is 0.463 e. The summed E-state index contributed by atoms with van der Waals surface area (Å²) in [5.74, 6) is -0.325. The highest BCUT2D eigenvalue weighted by atomic mass is 28.4. The van der Waals surface area contributed by atoms with Gasteiger partial charge in [0, 0.05) is 6.08 Å². The average Bonchev–Trinajstić information content (AvgIpc) is 3.07. The van der Waals surface area contributed by atoms with Crippen LogP contribution >= 0.6 is 0 Å². The van der Waals surface area contributed by atoms with Crippen molar-refractivity contribution in [1.29, 1.82) is 0 Å². The molecule has 7 heteroatoms. The highest BCUT2D eigenvalue weighted by molar-refractivity contribution is 6.74. The number of esters is 1. The van der Waals surface area contributed by atoms with Crippen LogP contribution in [0, 0.1) is 0 Å². The maximum Gasteiger partial charge on any atom is 0.330 e. The summed E-state index contributed by atoms with van der Waals surface area (Å²) < 4.78 is 25.8. The van der Waals surface area contributed by atoms with Crippen LogP contribution in [0.3, 0.4) is 0 Å². The smallest absolute Gasteiger partial charge is 0.330 e. The van der Waals surface area contributed by atoms with Crippen LogP contribution in [0.2, 0.25) is 36.3 Å². The molecule has 1 heterocycles. The van der Waals surface area contributed by atoms with Crippen molar-refractivity contribution in [2.75, 3.05) is 6.61 Å². The zero-order chi connectivity index (χ0) is 28.4. The minimum atomic E-state index is -2.10. The van der Waals surface area contributed by atoms with Gasteiger partial charge in [0.2, 0.25) is 0 Å². The number of ether oxygens (including phenoxy) is 2. The molecule has 0 amide bonds. The normalized spacial score (nSPS) is 23.9. The third kappa shape index (κ3) is 8.65. The molecule has 1 fully saturated rings.